The van der Waals surface area contributed by atoms with Crippen molar-refractivity contribution in [2.75, 3.05) is 43.1 Å². The first-order chi connectivity index (χ1) is 11.2. The quantitative estimate of drug-likeness (QED) is 0.764. The molecule has 1 aromatic heterocycles. The molecule has 3 rings (SSSR count). The Kier molecular flexibility index (Phi) is 4.94. The first kappa shape index (κ1) is 16.0. The molecule has 1 aromatic carbocycles. The molecule has 124 valence electrons. The number of anilines is 2. The van der Waals surface area contributed by atoms with Gasteiger partial charge in [0.2, 0.25) is 5.95 Å². The first-order valence-electron chi connectivity index (χ1n) is 7.34. The van der Waals surface area contributed by atoms with Crippen LogP contribution in [0.2, 0.25) is 5.02 Å². The molecule has 1 aliphatic rings. The van der Waals surface area contributed by atoms with Crippen LogP contribution in [0.5, 0.6) is 0 Å². The topological polar surface area (TPSA) is 92.1 Å². The average molecular weight is 341 g/mol. The molecule has 0 amide bonds. The molecule has 0 saturated carbocycles. The molecule has 1 fully saturated rings. The number of H-pyrrole nitrogens is 1. The zero-order valence-corrected chi connectivity index (χ0v) is 13.2. The van der Waals surface area contributed by atoms with Crippen LogP contribution in [-0.2, 0) is 4.74 Å². The number of morpholine rings is 1. The van der Waals surface area contributed by atoms with Crippen molar-refractivity contribution in [1.82, 2.24) is 15.2 Å². The number of benzene rings is 1. The molecule has 9 heteroatoms. The maximum absolute atomic E-state index is 13.5. The summed E-state index contributed by atoms with van der Waals surface area (Å²) in [5.41, 5.74) is 6.38. The second-order valence-electron chi connectivity index (χ2n) is 5.18. The molecule has 0 aliphatic carbocycles. The molecule has 0 radical (unpaired) electrons. The van der Waals surface area contributed by atoms with Gasteiger partial charge in [0.1, 0.15) is 11.6 Å². The average Bonchev–Trinajstić information content (AvgIpc) is 3.06. The predicted octanol–water partition coefficient (Wildman–Crippen LogP) is 1.55. The number of aromatic amines is 1. The second-order valence-corrected chi connectivity index (χ2v) is 5.59. The molecule has 23 heavy (non-hydrogen) atoms. The Labute approximate surface area is 138 Å². The van der Waals surface area contributed by atoms with Crippen molar-refractivity contribution in [3.8, 4) is 0 Å². The summed E-state index contributed by atoms with van der Waals surface area (Å²) >= 11 is 5.69. The highest BCUT2D eigenvalue weighted by Crippen LogP contribution is 2.22. The minimum Gasteiger partial charge on any atom is -0.378 e. The van der Waals surface area contributed by atoms with Gasteiger partial charge in [0.15, 0.2) is 0 Å². The van der Waals surface area contributed by atoms with Crippen molar-refractivity contribution in [3.05, 3.63) is 34.9 Å². The molecule has 2 aromatic rings. The molecule has 1 saturated heterocycles. The van der Waals surface area contributed by atoms with E-state index >= 15 is 0 Å². The lowest BCUT2D eigenvalue weighted by Crippen LogP contribution is -2.37. The first-order valence-corrected chi connectivity index (χ1v) is 7.72. The number of rotatable bonds is 5. The smallest absolute Gasteiger partial charge is 0.244 e. The second kappa shape index (κ2) is 7.12. The van der Waals surface area contributed by atoms with Gasteiger partial charge in [-0.1, -0.05) is 11.6 Å². The number of nitrogens with two attached hydrogens (primary N) is 1. The minimum absolute atomic E-state index is 0.0779. The van der Waals surface area contributed by atoms with E-state index in [1.807, 2.05) is 4.90 Å². The summed E-state index contributed by atoms with van der Waals surface area (Å²) in [6.45, 7) is 3.10. The summed E-state index contributed by atoms with van der Waals surface area (Å²) in [7, 11) is 0. The monoisotopic (exact) mass is 340 g/mol. The van der Waals surface area contributed by atoms with Gasteiger partial charge in [0.25, 0.3) is 0 Å². The SMILES string of the molecule is NCC(Nc1ccc(Cl)c(F)c1)c1nc(N2CCOCC2)n[nH]1. The van der Waals surface area contributed by atoms with E-state index in [-0.39, 0.29) is 17.6 Å². The van der Waals surface area contributed by atoms with E-state index in [2.05, 4.69) is 20.5 Å². The minimum atomic E-state index is -0.487. The highest BCUT2D eigenvalue weighted by Gasteiger charge is 2.19. The molecule has 0 spiro atoms. The zero-order chi connectivity index (χ0) is 16.2. The van der Waals surface area contributed by atoms with Gasteiger partial charge in [0.05, 0.1) is 24.3 Å². The van der Waals surface area contributed by atoms with Gasteiger partial charge < -0.3 is 20.7 Å². The third-order valence-electron chi connectivity index (χ3n) is 3.61. The van der Waals surface area contributed by atoms with Crippen molar-refractivity contribution in [2.45, 2.75) is 6.04 Å². The van der Waals surface area contributed by atoms with Crippen LogP contribution in [-0.4, -0.2) is 48.0 Å². The molecule has 4 N–H and O–H groups in total. The van der Waals surface area contributed by atoms with E-state index in [4.69, 9.17) is 22.1 Å². The van der Waals surface area contributed by atoms with Gasteiger partial charge in [-0.05, 0) is 18.2 Å². The van der Waals surface area contributed by atoms with Crippen molar-refractivity contribution in [2.24, 2.45) is 5.73 Å². The third-order valence-corrected chi connectivity index (χ3v) is 3.92. The molecular weight excluding hydrogens is 323 g/mol. The van der Waals surface area contributed by atoms with Crippen LogP contribution < -0.4 is 16.0 Å². The number of aromatic nitrogens is 3. The molecule has 1 atom stereocenters. The summed E-state index contributed by atoms with van der Waals surface area (Å²) in [6.07, 6.45) is 0. The van der Waals surface area contributed by atoms with Crippen molar-refractivity contribution < 1.29 is 9.13 Å². The van der Waals surface area contributed by atoms with Gasteiger partial charge >= 0.3 is 0 Å². The number of hydrogen-bond donors (Lipinski definition) is 3. The van der Waals surface area contributed by atoms with E-state index in [1.54, 1.807) is 6.07 Å². The third kappa shape index (κ3) is 3.72. The van der Waals surface area contributed by atoms with Crippen LogP contribution in [0, 0.1) is 5.82 Å². The molecule has 0 bridgehead atoms. The fourth-order valence-electron chi connectivity index (χ4n) is 2.35. The summed E-state index contributed by atoms with van der Waals surface area (Å²) in [5.74, 6) is 0.731. The summed E-state index contributed by atoms with van der Waals surface area (Å²) in [5, 5.41) is 10.3. The zero-order valence-electron chi connectivity index (χ0n) is 12.4. The molecule has 7 nitrogen and oxygen atoms in total. The van der Waals surface area contributed by atoms with Gasteiger partial charge in [0, 0.05) is 25.3 Å². The summed E-state index contributed by atoms with van der Waals surface area (Å²) in [6, 6.07) is 4.20. The summed E-state index contributed by atoms with van der Waals surface area (Å²) < 4.78 is 18.8. The largest absolute Gasteiger partial charge is 0.378 e. The van der Waals surface area contributed by atoms with E-state index < -0.39 is 5.82 Å². The highest BCUT2D eigenvalue weighted by molar-refractivity contribution is 6.30. The lowest BCUT2D eigenvalue weighted by molar-refractivity contribution is 0.122. The standard InChI is InChI=1S/C14H18ClFN6O/c15-10-2-1-9(7-11(10)16)18-12(8-17)13-19-14(21-20-13)22-3-5-23-6-4-22/h1-2,7,12,18H,3-6,8,17H2,(H,19,20,21). The van der Waals surface area contributed by atoms with Crippen molar-refractivity contribution >= 4 is 23.2 Å². The Bertz CT molecular complexity index is 660. The molecule has 1 unspecified atom stereocenters. The van der Waals surface area contributed by atoms with E-state index in [1.165, 1.54) is 12.1 Å². The van der Waals surface area contributed by atoms with E-state index in [9.17, 15) is 4.39 Å². The summed E-state index contributed by atoms with van der Waals surface area (Å²) in [4.78, 5) is 6.52. The maximum atomic E-state index is 13.5. The van der Waals surface area contributed by atoms with Gasteiger partial charge in [-0.25, -0.2) is 4.39 Å². The molecule has 2 heterocycles. The van der Waals surface area contributed by atoms with Crippen LogP contribution in [0.4, 0.5) is 16.0 Å². The molecule has 1 aliphatic heterocycles. The van der Waals surface area contributed by atoms with Crippen LogP contribution >= 0.6 is 11.6 Å². The van der Waals surface area contributed by atoms with Crippen LogP contribution in [0.3, 0.4) is 0 Å². The van der Waals surface area contributed by atoms with Crippen LogP contribution in [0.15, 0.2) is 18.2 Å². The van der Waals surface area contributed by atoms with Gasteiger partial charge in [-0.2, -0.15) is 4.98 Å². The Morgan fingerprint density at radius 3 is 2.91 bits per heavy atom. The Morgan fingerprint density at radius 1 is 1.43 bits per heavy atom. The Hall–Kier alpha value is -1.90. The highest BCUT2D eigenvalue weighted by atomic mass is 35.5. The number of nitrogens with zero attached hydrogens (tertiary/aromatic N) is 3. The van der Waals surface area contributed by atoms with E-state index in [0.29, 0.717) is 30.7 Å². The fourth-order valence-corrected chi connectivity index (χ4v) is 2.47. The number of hydrogen-bond acceptors (Lipinski definition) is 6. The predicted molar refractivity (Wildman–Crippen MR) is 86.2 cm³/mol. The van der Waals surface area contributed by atoms with Crippen molar-refractivity contribution in [3.63, 3.8) is 0 Å². The lowest BCUT2D eigenvalue weighted by atomic mass is 10.2. The number of ether oxygens (including phenoxy) is 1. The van der Waals surface area contributed by atoms with Crippen LogP contribution in [0.25, 0.3) is 0 Å². The number of halogens is 2. The molecular formula is C14H18ClFN6O. The fraction of sp³-hybridized carbons (Fsp3) is 0.429. The van der Waals surface area contributed by atoms with Gasteiger partial charge in [-0.3, -0.25) is 5.10 Å². The van der Waals surface area contributed by atoms with Crippen molar-refractivity contribution in [1.29, 1.82) is 0 Å². The lowest BCUT2D eigenvalue weighted by Gasteiger charge is -2.25. The number of nitrogens with one attached hydrogen (secondary N) is 2. The van der Waals surface area contributed by atoms with Crippen LogP contribution in [0.1, 0.15) is 11.9 Å². The maximum Gasteiger partial charge on any atom is 0.244 e. The Balaban J connectivity index is 1.72. The van der Waals surface area contributed by atoms with Gasteiger partial charge in [-0.15, -0.1) is 5.10 Å². The normalized spacial score (nSPS) is 16.4. The Morgan fingerprint density at radius 2 is 2.22 bits per heavy atom. The van der Waals surface area contributed by atoms with E-state index in [0.717, 1.165) is 13.1 Å².